The molecule has 2 aliphatic carbocycles. The van der Waals surface area contributed by atoms with E-state index in [-0.39, 0.29) is 6.03 Å². The van der Waals surface area contributed by atoms with Crippen molar-refractivity contribution in [3.8, 4) is 5.75 Å². The number of thiazole rings is 1. The number of carbonyl (C=O) groups excluding carboxylic acids is 1. The van der Waals surface area contributed by atoms with Crippen LogP contribution in [0.15, 0.2) is 12.1 Å². The summed E-state index contributed by atoms with van der Waals surface area (Å²) in [6.45, 7) is 7.42. The second-order valence-corrected chi connectivity index (χ2v) is 13.7. The van der Waals surface area contributed by atoms with Crippen LogP contribution in [0.25, 0.3) is 10.2 Å². The van der Waals surface area contributed by atoms with Gasteiger partial charge in [-0.2, -0.15) is 0 Å². The Morgan fingerprint density at radius 2 is 1.55 bits per heavy atom. The summed E-state index contributed by atoms with van der Waals surface area (Å²) in [5.41, 5.74) is 3.26. The molecule has 5 aliphatic rings. The molecule has 0 atom stereocenters. The van der Waals surface area contributed by atoms with Crippen molar-refractivity contribution in [2.75, 3.05) is 69.8 Å². The van der Waals surface area contributed by atoms with Gasteiger partial charge in [-0.25, -0.2) is 9.78 Å². The lowest BCUT2D eigenvalue weighted by molar-refractivity contribution is 0.123. The number of likely N-dealkylation sites (tertiary alicyclic amines) is 1. The molecule has 4 heterocycles. The zero-order chi connectivity index (χ0) is 27.4. The molecule has 8 nitrogen and oxygen atoms in total. The number of carbonyl (C=O) groups is 1. The van der Waals surface area contributed by atoms with E-state index in [4.69, 9.17) is 14.5 Å². The van der Waals surface area contributed by atoms with Crippen molar-refractivity contribution < 1.29 is 14.3 Å². The number of aromatic nitrogens is 1. The third kappa shape index (κ3) is 6.07. The Bertz CT molecular complexity index is 1130. The molecule has 2 saturated carbocycles. The first kappa shape index (κ1) is 28.0. The van der Waals surface area contributed by atoms with Crippen molar-refractivity contribution >= 4 is 38.4 Å². The third-order valence-corrected chi connectivity index (χ3v) is 11.4. The van der Waals surface area contributed by atoms with Crippen molar-refractivity contribution in [1.82, 2.24) is 15.2 Å². The van der Waals surface area contributed by atoms with E-state index in [1.165, 1.54) is 88.6 Å². The van der Waals surface area contributed by atoms with Crippen LogP contribution >= 0.6 is 11.3 Å². The van der Waals surface area contributed by atoms with E-state index in [0.29, 0.717) is 10.5 Å². The van der Waals surface area contributed by atoms with Crippen LogP contribution in [0, 0.1) is 10.8 Å². The molecule has 3 saturated heterocycles. The van der Waals surface area contributed by atoms with Crippen molar-refractivity contribution in [2.45, 2.75) is 77.0 Å². The number of nitrogens with one attached hydrogen (secondary N) is 2. The van der Waals surface area contributed by atoms with E-state index in [0.717, 1.165) is 79.3 Å². The standard InChI is InChI=1S/C22H30N4O3S.C9H17N/c1-28-17-5-4-16(25-12-14-29-15-13-25)19-18(17)23-20(30-19)24-21(27)26-10-8-22(9-11-26)6-2-3-7-22;1-2-4-9(3-1)5-7-10-8-6-9/h4-5H,2-3,6-15H2,1H3,(H,23,24,27);10H,1-8H2. The summed E-state index contributed by atoms with van der Waals surface area (Å²) >= 11 is 1.53. The van der Waals surface area contributed by atoms with Gasteiger partial charge in [0.05, 0.1) is 30.7 Å². The van der Waals surface area contributed by atoms with Crippen molar-refractivity contribution in [3.63, 3.8) is 0 Å². The summed E-state index contributed by atoms with van der Waals surface area (Å²) < 4.78 is 12.1. The van der Waals surface area contributed by atoms with Crippen LogP contribution in [0.1, 0.15) is 77.0 Å². The molecule has 3 aliphatic heterocycles. The molecular formula is C31H47N5O3S. The molecule has 0 unspecified atom stereocenters. The Morgan fingerprint density at radius 3 is 2.17 bits per heavy atom. The van der Waals surface area contributed by atoms with E-state index in [9.17, 15) is 4.79 Å². The molecule has 1 aromatic carbocycles. The van der Waals surface area contributed by atoms with Gasteiger partial charge < -0.3 is 24.6 Å². The van der Waals surface area contributed by atoms with E-state index in [1.54, 1.807) is 7.11 Å². The number of urea groups is 1. The van der Waals surface area contributed by atoms with Gasteiger partial charge in [0.1, 0.15) is 11.3 Å². The normalized spacial score (nSPS) is 23.8. The van der Waals surface area contributed by atoms with Crippen LogP contribution in [0.4, 0.5) is 15.6 Å². The van der Waals surface area contributed by atoms with Gasteiger partial charge in [-0.3, -0.25) is 5.32 Å². The molecule has 220 valence electrons. The summed E-state index contributed by atoms with van der Waals surface area (Å²) in [6, 6.07) is 4.01. The molecule has 2 amide bonds. The van der Waals surface area contributed by atoms with Crippen LogP contribution in [0.2, 0.25) is 0 Å². The smallest absolute Gasteiger partial charge is 0.323 e. The maximum atomic E-state index is 12.9. The second kappa shape index (κ2) is 12.4. The number of piperidine rings is 2. The highest BCUT2D eigenvalue weighted by Crippen LogP contribution is 2.47. The zero-order valence-corrected chi connectivity index (χ0v) is 25.1. The van der Waals surface area contributed by atoms with E-state index in [1.807, 2.05) is 11.0 Å². The van der Waals surface area contributed by atoms with Gasteiger partial charge in [-0.1, -0.05) is 37.0 Å². The zero-order valence-electron chi connectivity index (χ0n) is 24.3. The van der Waals surface area contributed by atoms with Gasteiger partial charge >= 0.3 is 6.03 Å². The molecule has 2 spiro atoms. The lowest BCUT2D eigenvalue weighted by Crippen LogP contribution is -2.44. The predicted octanol–water partition coefficient (Wildman–Crippen LogP) is 6.26. The Kier molecular flexibility index (Phi) is 8.70. The minimum absolute atomic E-state index is 0.0335. The van der Waals surface area contributed by atoms with Gasteiger partial charge in [0.15, 0.2) is 5.13 Å². The molecule has 1 aromatic heterocycles. The average Bonchev–Trinajstić information content (AvgIpc) is 3.75. The van der Waals surface area contributed by atoms with Crippen molar-refractivity contribution in [3.05, 3.63) is 12.1 Å². The maximum Gasteiger partial charge on any atom is 0.323 e. The van der Waals surface area contributed by atoms with Crippen LogP contribution in [0.3, 0.4) is 0 Å². The average molecular weight is 570 g/mol. The molecule has 0 radical (unpaired) electrons. The van der Waals surface area contributed by atoms with E-state index < -0.39 is 0 Å². The van der Waals surface area contributed by atoms with Gasteiger partial charge in [0, 0.05) is 26.2 Å². The Balaban J connectivity index is 0.000000242. The molecule has 2 N–H and O–H groups in total. The van der Waals surface area contributed by atoms with Crippen LogP contribution < -0.4 is 20.3 Å². The molecule has 5 fully saturated rings. The number of morpholine rings is 1. The number of benzene rings is 1. The predicted molar refractivity (Wildman–Crippen MR) is 163 cm³/mol. The highest BCUT2D eigenvalue weighted by Gasteiger charge is 2.38. The fraction of sp³-hybridized carbons (Fsp3) is 0.742. The first-order valence-corrected chi connectivity index (χ1v) is 16.5. The Hall–Kier alpha value is -2.10. The molecule has 7 rings (SSSR count). The largest absolute Gasteiger partial charge is 0.494 e. The topological polar surface area (TPSA) is 79.0 Å². The third-order valence-electron chi connectivity index (χ3n) is 10.4. The van der Waals surface area contributed by atoms with Crippen LogP contribution in [0.5, 0.6) is 5.75 Å². The summed E-state index contributed by atoms with van der Waals surface area (Å²) in [5.74, 6) is 0.736. The molecule has 2 aromatic rings. The number of nitrogens with zero attached hydrogens (tertiary/aromatic N) is 3. The lowest BCUT2D eigenvalue weighted by Gasteiger charge is -2.39. The number of hydrogen-bond donors (Lipinski definition) is 2. The molecular weight excluding hydrogens is 522 g/mol. The molecule has 0 bridgehead atoms. The SMILES string of the molecule is C1CCC2(C1)CCNCC2.COc1ccc(N2CCOCC2)c2sc(NC(=O)N3CCC4(CCCC4)CC3)nc12. The van der Waals surface area contributed by atoms with E-state index >= 15 is 0 Å². The summed E-state index contributed by atoms with van der Waals surface area (Å²) in [5, 5.41) is 7.13. The van der Waals surface area contributed by atoms with Crippen LogP contribution in [-0.4, -0.2) is 75.5 Å². The quantitative estimate of drug-likeness (QED) is 0.454. The fourth-order valence-corrected chi connectivity index (χ4v) is 8.82. The van der Waals surface area contributed by atoms with Gasteiger partial charge in [0.2, 0.25) is 0 Å². The highest BCUT2D eigenvalue weighted by atomic mass is 32.1. The van der Waals surface area contributed by atoms with E-state index in [2.05, 4.69) is 21.6 Å². The minimum Gasteiger partial charge on any atom is -0.494 e. The number of amides is 2. The van der Waals surface area contributed by atoms with Gasteiger partial charge in [-0.05, 0) is 87.4 Å². The highest BCUT2D eigenvalue weighted by molar-refractivity contribution is 7.23. The molecule has 9 heteroatoms. The number of hydrogen-bond acceptors (Lipinski definition) is 7. The van der Waals surface area contributed by atoms with Crippen molar-refractivity contribution in [2.24, 2.45) is 10.8 Å². The van der Waals surface area contributed by atoms with Gasteiger partial charge in [-0.15, -0.1) is 0 Å². The number of anilines is 2. The Labute approximate surface area is 243 Å². The van der Waals surface area contributed by atoms with Gasteiger partial charge in [0.25, 0.3) is 0 Å². The first-order valence-electron chi connectivity index (χ1n) is 15.7. The first-order chi connectivity index (χ1) is 19.6. The summed E-state index contributed by atoms with van der Waals surface area (Å²) in [7, 11) is 1.66. The fourth-order valence-electron chi connectivity index (χ4n) is 7.80. The Morgan fingerprint density at radius 1 is 0.925 bits per heavy atom. The summed E-state index contributed by atoms with van der Waals surface area (Å²) in [4.78, 5) is 21.9. The number of methoxy groups -OCH3 is 1. The second-order valence-electron chi connectivity index (χ2n) is 12.7. The number of fused-ring (bicyclic) bond motifs is 1. The lowest BCUT2D eigenvalue weighted by atomic mass is 9.77. The van der Waals surface area contributed by atoms with Crippen LogP contribution in [-0.2, 0) is 4.74 Å². The maximum absolute atomic E-state index is 12.9. The summed E-state index contributed by atoms with van der Waals surface area (Å²) in [6.07, 6.45) is 16.6. The number of rotatable bonds is 3. The monoisotopic (exact) mass is 569 g/mol. The molecule has 40 heavy (non-hydrogen) atoms. The van der Waals surface area contributed by atoms with Crippen molar-refractivity contribution in [1.29, 1.82) is 0 Å². The number of ether oxygens (including phenoxy) is 2. The minimum atomic E-state index is -0.0335.